The Kier molecular flexibility index (Phi) is 21.2. The third-order valence-corrected chi connectivity index (χ3v) is 22.8. The van der Waals surface area contributed by atoms with E-state index in [0.29, 0.717) is 36.7 Å². The number of carbonyl (C=O) groups excluding carboxylic acids is 2. The van der Waals surface area contributed by atoms with Crippen LogP contribution in [0.15, 0.2) is 96.1 Å². The van der Waals surface area contributed by atoms with E-state index in [1.54, 1.807) is 72.8 Å². The van der Waals surface area contributed by atoms with E-state index in [1.807, 2.05) is 129 Å². The van der Waals surface area contributed by atoms with Crippen LogP contribution in [0.5, 0.6) is 0 Å². The molecule has 4 saturated carbocycles. The summed E-state index contributed by atoms with van der Waals surface area (Å²) in [6, 6.07) is 20.6. The number of halogens is 3. The molecule has 0 bridgehead atoms. The van der Waals surface area contributed by atoms with Gasteiger partial charge in [-0.2, -0.15) is 0 Å². The zero-order chi connectivity index (χ0) is 38.4. The molecule has 0 amide bonds. The Hall–Kier alpha value is -1.19. The molecule has 284 valence electrons. The normalized spacial score (nSPS) is 18.2. The molecule has 0 heterocycles. The van der Waals surface area contributed by atoms with Gasteiger partial charge in [-0.05, 0) is 64.2 Å². The van der Waals surface area contributed by atoms with E-state index in [-0.39, 0.29) is 34.1 Å². The predicted molar refractivity (Wildman–Crippen MR) is 223 cm³/mol. The number of benzene rings is 3. The monoisotopic (exact) mass is 992 g/mol. The summed E-state index contributed by atoms with van der Waals surface area (Å²) in [5, 5.41) is 1.39. The minimum Gasteiger partial charge on any atom is -0.0312 e. The van der Waals surface area contributed by atoms with E-state index in [9.17, 15) is 9.59 Å². The van der Waals surface area contributed by atoms with Crippen molar-refractivity contribution in [3.8, 4) is 0 Å². The number of allylic oxidation sites excluding steroid dienone is 2. The minimum atomic E-state index is -6.20. The third kappa shape index (κ3) is 12.9. The Labute approximate surface area is 374 Å². The number of carbonyl (C=O) groups is 2. The molecule has 56 heavy (non-hydrogen) atoms. The van der Waals surface area contributed by atoms with Crippen LogP contribution >= 0.6 is 34.8 Å². The van der Waals surface area contributed by atoms with Crippen LogP contribution in [0.4, 0.5) is 0 Å². The van der Waals surface area contributed by atoms with Crippen LogP contribution in [0, 0.1) is 127 Å². The van der Waals surface area contributed by atoms with Gasteiger partial charge < -0.3 is 0 Å². The smallest absolute Gasteiger partial charge is 0.0312 e. The van der Waals surface area contributed by atoms with Gasteiger partial charge in [0.2, 0.25) is 0 Å². The van der Waals surface area contributed by atoms with Crippen LogP contribution in [0.2, 0.25) is 15.1 Å². The fourth-order valence-electron chi connectivity index (χ4n) is 5.75. The molecule has 0 aliphatic heterocycles. The summed E-state index contributed by atoms with van der Waals surface area (Å²) in [6.45, 7) is 3.65. The van der Waals surface area contributed by atoms with Crippen LogP contribution in [-0.2, 0) is 49.8 Å². The summed E-state index contributed by atoms with van der Waals surface area (Å²) < 4.78 is 15.1. The average molecular weight is 995 g/mol. The maximum atomic E-state index is 14.1. The Morgan fingerprint density at radius 2 is 0.661 bits per heavy atom. The van der Waals surface area contributed by atoms with E-state index >= 15 is 0 Å². The van der Waals surface area contributed by atoms with Crippen molar-refractivity contribution in [3.05, 3.63) is 239 Å². The first-order valence-electron chi connectivity index (χ1n) is 17.0. The Bertz CT molecular complexity index is 1540. The zero-order valence-electron chi connectivity index (χ0n) is 30.4. The van der Waals surface area contributed by atoms with Crippen molar-refractivity contribution in [2.45, 2.75) is 13.8 Å². The molecular formula is C46H38Cl3Fe2O4Sb+4. The van der Waals surface area contributed by atoms with Crippen LogP contribution in [0.25, 0.3) is 0 Å². The Morgan fingerprint density at radius 3 is 0.893 bits per heavy atom. The second-order valence-electron chi connectivity index (χ2n) is 12.1. The first kappa shape index (κ1) is 49.2. The number of hydrogen-bond donors (Lipinski definition) is 0. The van der Waals surface area contributed by atoms with E-state index < -0.39 is 30.2 Å². The van der Waals surface area contributed by atoms with Gasteiger partial charge in [-0.15, -0.1) is 0 Å². The summed E-state index contributed by atoms with van der Waals surface area (Å²) in [5.41, 5.74) is 1.38. The molecule has 0 saturated heterocycles. The summed E-state index contributed by atoms with van der Waals surface area (Å²) in [4.78, 5) is 28.3. The van der Waals surface area contributed by atoms with Crippen molar-refractivity contribution in [2.24, 2.45) is 0 Å². The molecule has 7 rings (SSSR count). The first-order chi connectivity index (χ1) is 26.1. The predicted octanol–water partition coefficient (Wildman–Crippen LogP) is 8.89. The molecule has 3 aromatic carbocycles. The van der Waals surface area contributed by atoms with Gasteiger partial charge >= 0.3 is 313 Å². The molecule has 3 aromatic rings. The van der Waals surface area contributed by atoms with Gasteiger partial charge in [0.25, 0.3) is 0 Å². The second kappa shape index (κ2) is 24.2. The topological polar surface area (TPSA) is 52.6 Å². The van der Waals surface area contributed by atoms with Crippen molar-refractivity contribution in [1.82, 2.24) is 0 Å². The van der Waals surface area contributed by atoms with Crippen molar-refractivity contribution in [3.63, 3.8) is 0 Å². The largest absolute Gasteiger partial charge is 2.00 e. The average Bonchev–Trinajstić information content (AvgIpc) is 4.01. The SMILES string of the molecule is C/C(=C\C(=O)[O][Sb]([O]C(=O)/C=C(\C)[C]1[CH][CH][CH][CH]1)([c]1ccc(Cl)cc1)([c]1ccc(Cl)cc1)[c]1ccc(Cl)cc1)[C]1[CH][CH][CH][CH]1.[CH]1[CH][CH][CH][CH]1.[CH]1[CH][CH][CH][CH]1.[Fe+2].[Fe+2]. The van der Waals surface area contributed by atoms with E-state index in [0.717, 1.165) is 11.8 Å². The Morgan fingerprint density at radius 1 is 0.429 bits per heavy atom. The Balaban J connectivity index is 0.000000608. The third-order valence-electron chi connectivity index (χ3n) is 8.43. The van der Waals surface area contributed by atoms with Crippen LogP contribution in [0.3, 0.4) is 0 Å². The molecule has 0 spiro atoms. The van der Waals surface area contributed by atoms with Gasteiger partial charge in [-0.3, -0.25) is 0 Å². The number of rotatable bonds is 9. The van der Waals surface area contributed by atoms with E-state index in [1.165, 1.54) is 12.2 Å². The van der Waals surface area contributed by atoms with E-state index in [4.69, 9.17) is 40.8 Å². The van der Waals surface area contributed by atoms with Crippen molar-refractivity contribution in [1.29, 1.82) is 0 Å². The standard InChI is InChI=1S/2C9H9O2.3C6H4Cl.2C5H5.2Fe.Sb/c2*1-7(6-9(10)11)8-4-2-3-5-8;3*7-6-4-2-1-3-5-6;2*1-2-4-5-3-1;;;/h2*2-6H,1H3,(H,10,11);3*2-5H;2*1-5H;;;/q;;;;;;;3*+2/p-2/b2*7-6+;;;;;;;;. The second-order valence-corrected chi connectivity index (χ2v) is 24.4. The molecule has 4 fully saturated rings. The fraction of sp³-hybridized carbons (Fsp3) is 0.0435. The van der Waals surface area contributed by atoms with Crippen LogP contribution in [0.1, 0.15) is 13.8 Å². The molecule has 0 N–H and O–H groups in total. The molecule has 0 aromatic heterocycles. The number of hydrogen-bond acceptors (Lipinski definition) is 4. The molecular weight excluding hydrogens is 956 g/mol. The molecule has 10 heteroatoms. The van der Waals surface area contributed by atoms with Gasteiger partial charge in [0.1, 0.15) is 0 Å². The molecule has 4 nitrogen and oxygen atoms in total. The zero-order valence-corrected chi connectivity index (χ0v) is 37.4. The molecule has 0 unspecified atom stereocenters. The molecule has 0 atom stereocenters. The quantitative estimate of drug-likeness (QED) is 0.159. The van der Waals surface area contributed by atoms with Crippen LogP contribution in [-0.4, -0.2) is 30.2 Å². The fourth-order valence-corrected chi connectivity index (χ4v) is 18.8. The minimum absolute atomic E-state index is 0. The maximum Gasteiger partial charge on any atom is 2.00 e. The molecule has 20 radical (unpaired) electrons. The van der Waals surface area contributed by atoms with Crippen molar-refractivity contribution >= 4 is 75.5 Å². The van der Waals surface area contributed by atoms with Gasteiger partial charge in [0.05, 0.1) is 0 Å². The van der Waals surface area contributed by atoms with Gasteiger partial charge in [-0.25, -0.2) is 0 Å². The first-order valence-corrected chi connectivity index (χ1v) is 24.1. The summed E-state index contributed by atoms with van der Waals surface area (Å²) >= 11 is 12.9. The summed E-state index contributed by atoms with van der Waals surface area (Å²) in [5.74, 6) is 0.390. The summed E-state index contributed by atoms with van der Waals surface area (Å²) in [7, 11) is 0. The maximum absolute atomic E-state index is 14.1. The van der Waals surface area contributed by atoms with Crippen molar-refractivity contribution < 1.29 is 49.8 Å². The summed E-state index contributed by atoms with van der Waals surface area (Å²) in [6.07, 6.45) is 38.0. The van der Waals surface area contributed by atoms with Crippen molar-refractivity contribution in [2.75, 3.05) is 0 Å². The van der Waals surface area contributed by atoms with Gasteiger partial charge in [0.15, 0.2) is 0 Å². The molecule has 4 aliphatic rings. The van der Waals surface area contributed by atoms with Crippen LogP contribution < -0.4 is 10.5 Å². The molecule has 4 aliphatic carbocycles. The van der Waals surface area contributed by atoms with Gasteiger partial charge in [-0.1, -0.05) is 0 Å². The van der Waals surface area contributed by atoms with Gasteiger partial charge in [0, 0.05) is 0 Å². The van der Waals surface area contributed by atoms with E-state index in [2.05, 4.69) is 0 Å².